The summed E-state index contributed by atoms with van der Waals surface area (Å²) in [7, 11) is 0. The lowest BCUT2D eigenvalue weighted by atomic mass is 10.1. The molecule has 5 heteroatoms. The SMILES string of the molecule is Brc1ccc(-c2cn3ccnc3c(-c3ccc(Br)cc3)n2)cc1. The molecule has 0 amide bonds. The third kappa shape index (κ3) is 2.82. The molecule has 0 spiro atoms. The summed E-state index contributed by atoms with van der Waals surface area (Å²) < 4.78 is 4.12. The summed E-state index contributed by atoms with van der Waals surface area (Å²) in [6.07, 6.45) is 5.75. The standard InChI is InChI=1S/C18H11Br2N3/c19-14-5-1-12(2-6-14)16-11-23-10-9-21-18(23)17(22-16)13-3-7-15(20)8-4-13/h1-11H. The van der Waals surface area contributed by atoms with Crippen LogP contribution in [-0.2, 0) is 0 Å². The van der Waals surface area contributed by atoms with Crippen molar-refractivity contribution < 1.29 is 0 Å². The minimum absolute atomic E-state index is 0.855. The van der Waals surface area contributed by atoms with E-state index in [9.17, 15) is 0 Å². The average molecular weight is 429 g/mol. The molecule has 112 valence electrons. The van der Waals surface area contributed by atoms with Crippen LogP contribution in [0.1, 0.15) is 0 Å². The maximum absolute atomic E-state index is 4.86. The maximum Gasteiger partial charge on any atom is 0.163 e. The number of halogens is 2. The summed E-state index contributed by atoms with van der Waals surface area (Å²) in [6.45, 7) is 0. The zero-order valence-electron chi connectivity index (χ0n) is 11.9. The molecule has 0 radical (unpaired) electrons. The van der Waals surface area contributed by atoms with Crippen LogP contribution in [0.15, 0.2) is 76.1 Å². The Kier molecular flexibility index (Phi) is 3.75. The normalized spacial score (nSPS) is 11.0. The van der Waals surface area contributed by atoms with Gasteiger partial charge in [-0.1, -0.05) is 56.1 Å². The summed E-state index contributed by atoms with van der Waals surface area (Å²) in [5.74, 6) is 0. The predicted octanol–water partition coefficient (Wildman–Crippen LogP) is 5.59. The fraction of sp³-hybridized carbons (Fsp3) is 0. The molecule has 4 aromatic rings. The molecule has 0 unspecified atom stereocenters. The molecule has 3 nitrogen and oxygen atoms in total. The van der Waals surface area contributed by atoms with E-state index in [-0.39, 0.29) is 0 Å². The van der Waals surface area contributed by atoms with Crippen LogP contribution in [-0.4, -0.2) is 14.4 Å². The van der Waals surface area contributed by atoms with Crippen LogP contribution in [0.4, 0.5) is 0 Å². The maximum atomic E-state index is 4.86. The van der Waals surface area contributed by atoms with Crippen LogP contribution >= 0.6 is 31.9 Å². The smallest absolute Gasteiger partial charge is 0.163 e. The van der Waals surface area contributed by atoms with Crippen LogP contribution in [0, 0.1) is 0 Å². The van der Waals surface area contributed by atoms with E-state index in [1.807, 2.05) is 53.2 Å². The average Bonchev–Trinajstić information content (AvgIpc) is 3.04. The zero-order chi connectivity index (χ0) is 15.8. The highest BCUT2D eigenvalue weighted by atomic mass is 79.9. The number of aromatic nitrogens is 3. The van der Waals surface area contributed by atoms with Gasteiger partial charge in [0.1, 0.15) is 5.69 Å². The van der Waals surface area contributed by atoms with E-state index in [1.165, 1.54) is 0 Å². The van der Waals surface area contributed by atoms with E-state index < -0.39 is 0 Å². The Morgan fingerprint density at radius 1 is 0.783 bits per heavy atom. The van der Waals surface area contributed by atoms with Gasteiger partial charge in [-0.2, -0.15) is 0 Å². The molecule has 4 rings (SSSR count). The van der Waals surface area contributed by atoms with Crippen LogP contribution in [0.5, 0.6) is 0 Å². The second kappa shape index (κ2) is 5.91. The fourth-order valence-corrected chi connectivity index (χ4v) is 3.02. The van der Waals surface area contributed by atoms with Crippen molar-refractivity contribution in [2.24, 2.45) is 0 Å². The minimum atomic E-state index is 0.855. The van der Waals surface area contributed by atoms with Crippen LogP contribution in [0.3, 0.4) is 0 Å². The summed E-state index contributed by atoms with van der Waals surface area (Å²) >= 11 is 6.94. The van der Waals surface area contributed by atoms with Gasteiger partial charge in [0, 0.05) is 38.7 Å². The molecular weight excluding hydrogens is 418 g/mol. The van der Waals surface area contributed by atoms with Crippen molar-refractivity contribution in [2.75, 3.05) is 0 Å². The van der Waals surface area contributed by atoms with Crippen molar-refractivity contribution >= 4 is 37.5 Å². The Morgan fingerprint density at radius 3 is 2.04 bits per heavy atom. The lowest BCUT2D eigenvalue weighted by Crippen LogP contribution is -1.95. The Morgan fingerprint density at radius 2 is 1.39 bits per heavy atom. The number of imidazole rings is 1. The number of nitrogens with zero attached hydrogens (tertiary/aromatic N) is 3. The monoisotopic (exact) mass is 427 g/mol. The van der Waals surface area contributed by atoms with Crippen molar-refractivity contribution in [1.82, 2.24) is 14.4 Å². The summed E-state index contributed by atoms with van der Waals surface area (Å²) in [5, 5.41) is 0. The van der Waals surface area contributed by atoms with E-state index in [4.69, 9.17) is 4.98 Å². The highest BCUT2D eigenvalue weighted by Crippen LogP contribution is 2.27. The molecule has 0 saturated heterocycles. The number of fused-ring (bicyclic) bond motifs is 1. The lowest BCUT2D eigenvalue weighted by Gasteiger charge is -2.08. The quantitative estimate of drug-likeness (QED) is 0.416. The van der Waals surface area contributed by atoms with Gasteiger partial charge in [-0.05, 0) is 24.3 Å². The molecule has 2 aromatic heterocycles. The van der Waals surface area contributed by atoms with Gasteiger partial charge < -0.3 is 4.40 Å². The summed E-state index contributed by atoms with van der Waals surface area (Å²) in [6, 6.07) is 16.3. The first-order valence-electron chi connectivity index (χ1n) is 7.06. The van der Waals surface area contributed by atoms with E-state index in [0.29, 0.717) is 0 Å². The first-order chi connectivity index (χ1) is 11.2. The van der Waals surface area contributed by atoms with Gasteiger partial charge in [-0.25, -0.2) is 9.97 Å². The third-order valence-corrected chi connectivity index (χ3v) is 4.69. The van der Waals surface area contributed by atoms with Gasteiger partial charge in [-0.15, -0.1) is 0 Å². The molecule has 0 bridgehead atoms. The molecule has 0 N–H and O–H groups in total. The number of hydrogen-bond donors (Lipinski definition) is 0. The molecule has 2 heterocycles. The lowest BCUT2D eigenvalue weighted by molar-refractivity contribution is 1.13. The van der Waals surface area contributed by atoms with E-state index in [1.54, 1.807) is 6.20 Å². The van der Waals surface area contributed by atoms with Gasteiger partial charge in [-0.3, -0.25) is 0 Å². The first-order valence-corrected chi connectivity index (χ1v) is 8.65. The summed E-state index contributed by atoms with van der Waals surface area (Å²) in [5.41, 5.74) is 4.77. The highest BCUT2D eigenvalue weighted by molar-refractivity contribution is 9.10. The second-order valence-electron chi connectivity index (χ2n) is 5.15. The Labute approximate surface area is 150 Å². The van der Waals surface area contributed by atoms with Crippen LogP contribution in [0.25, 0.3) is 28.2 Å². The zero-order valence-corrected chi connectivity index (χ0v) is 15.1. The Bertz CT molecular complexity index is 974. The van der Waals surface area contributed by atoms with E-state index in [2.05, 4.69) is 49.0 Å². The van der Waals surface area contributed by atoms with Crippen molar-refractivity contribution in [2.45, 2.75) is 0 Å². The summed E-state index contributed by atoms with van der Waals surface area (Å²) in [4.78, 5) is 9.31. The predicted molar refractivity (Wildman–Crippen MR) is 99.3 cm³/mol. The molecule has 23 heavy (non-hydrogen) atoms. The molecule has 2 aromatic carbocycles. The number of benzene rings is 2. The van der Waals surface area contributed by atoms with Gasteiger partial charge in [0.05, 0.1) is 5.69 Å². The molecule has 0 aliphatic heterocycles. The van der Waals surface area contributed by atoms with E-state index in [0.717, 1.165) is 37.1 Å². The molecular formula is C18H11Br2N3. The molecule has 0 aliphatic carbocycles. The van der Waals surface area contributed by atoms with Crippen molar-refractivity contribution in [3.8, 4) is 22.5 Å². The Hall–Kier alpha value is -1.98. The minimum Gasteiger partial charge on any atom is -0.303 e. The third-order valence-electron chi connectivity index (χ3n) is 3.63. The molecule has 0 aliphatic rings. The highest BCUT2D eigenvalue weighted by Gasteiger charge is 2.11. The van der Waals surface area contributed by atoms with Crippen LogP contribution < -0.4 is 0 Å². The largest absolute Gasteiger partial charge is 0.303 e. The topological polar surface area (TPSA) is 30.2 Å². The van der Waals surface area contributed by atoms with Gasteiger partial charge >= 0.3 is 0 Å². The number of rotatable bonds is 2. The van der Waals surface area contributed by atoms with Crippen molar-refractivity contribution in [1.29, 1.82) is 0 Å². The molecule has 0 atom stereocenters. The molecule has 0 fully saturated rings. The van der Waals surface area contributed by atoms with Gasteiger partial charge in [0.2, 0.25) is 0 Å². The van der Waals surface area contributed by atoms with Crippen molar-refractivity contribution in [3.63, 3.8) is 0 Å². The second-order valence-corrected chi connectivity index (χ2v) is 6.98. The number of hydrogen-bond acceptors (Lipinski definition) is 2. The van der Waals surface area contributed by atoms with E-state index >= 15 is 0 Å². The van der Waals surface area contributed by atoms with Gasteiger partial charge in [0.25, 0.3) is 0 Å². The van der Waals surface area contributed by atoms with Gasteiger partial charge in [0.15, 0.2) is 5.65 Å². The molecule has 0 saturated carbocycles. The first kappa shape index (κ1) is 14.6. The Balaban J connectivity index is 1.94. The van der Waals surface area contributed by atoms with Crippen LogP contribution in [0.2, 0.25) is 0 Å². The fourth-order valence-electron chi connectivity index (χ4n) is 2.49. The van der Waals surface area contributed by atoms with Crippen molar-refractivity contribution in [3.05, 3.63) is 76.1 Å².